The molecule has 0 unspecified atom stereocenters. The van der Waals surface area contributed by atoms with E-state index < -0.39 is 46.7 Å². The lowest BCUT2D eigenvalue weighted by molar-refractivity contribution is -0.122. The molecule has 73 heavy (non-hydrogen) atoms. The number of rotatable bonds is 13. The summed E-state index contributed by atoms with van der Waals surface area (Å²) in [5.74, 6) is -3.20. The van der Waals surface area contributed by atoms with E-state index in [0.717, 1.165) is 41.5 Å². The number of hydrogen-bond donors (Lipinski definition) is 3. The Morgan fingerprint density at radius 2 is 0.932 bits per heavy atom. The Bertz CT molecular complexity index is 2750. The smallest absolute Gasteiger partial charge is 0.411 e. The van der Waals surface area contributed by atoms with Crippen molar-refractivity contribution >= 4 is 18.7 Å². The molecule has 2 heterocycles. The molecule has 4 atom stereocenters. The topological polar surface area (TPSA) is 146 Å². The Morgan fingerprint density at radius 1 is 0.589 bits per heavy atom. The Labute approximate surface area is 421 Å². The van der Waals surface area contributed by atoms with Crippen molar-refractivity contribution < 1.29 is 60.4 Å². The zero-order valence-electron chi connectivity index (χ0n) is 41.2. The van der Waals surface area contributed by atoms with Crippen molar-refractivity contribution in [1.82, 2.24) is 14.7 Å². The van der Waals surface area contributed by atoms with Crippen LogP contribution in [0.3, 0.4) is 0 Å². The van der Waals surface area contributed by atoms with Gasteiger partial charge in [0.25, 0.3) is 6.47 Å². The van der Waals surface area contributed by atoms with Crippen molar-refractivity contribution in [3.63, 3.8) is 0 Å². The van der Waals surface area contributed by atoms with Crippen LogP contribution in [0.15, 0.2) is 133 Å². The second-order valence-electron chi connectivity index (χ2n) is 17.7. The number of halogens is 6. The number of aliphatic hydroxyl groups excluding tert-OH is 1. The molecule has 6 aromatic rings. The largest absolute Gasteiger partial charge is 0.483 e. The van der Waals surface area contributed by atoms with Gasteiger partial charge >= 0.3 is 12.2 Å². The summed E-state index contributed by atoms with van der Waals surface area (Å²) in [4.78, 5) is 39.9. The molecule has 2 saturated heterocycles. The van der Waals surface area contributed by atoms with Gasteiger partial charge in [-0.2, -0.15) is 0 Å². The van der Waals surface area contributed by atoms with Gasteiger partial charge in [-0.25, -0.2) is 35.9 Å². The summed E-state index contributed by atoms with van der Waals surface area (Å²) in [7, 11) is 4.91. The van der Waals surface area contributed by atoms with Crippen LogP contribution in [-0.2, 0) is 25.5 Å². The molecule has 2 fully saturated rings. The minimum Gasteiger partial charge on any atom is -0.483 e. The van der Waals surface area contributed by atoms with Crippen LogP contribution < -0.4 is 5.73 Å². The SMILES string of the molecule is CO.C[C@@H](c1ccc(-c2ccc(F)cc2F)cc1)N1CC[C@](CCN(C)C)(c2ccc(F)cc2)OC1=O.C[C@@H](c1ccc(-c2ccc(F)cc2F)cc1)N1CC[C@](CCN)(c2ccc(F)cc2)OC1=O.O=CO. The van der Waals surface area contributed by atoms with Crippen LogP contribution in [0.2, 0.25) is 0 Å². The number of benzene rings is 6. The van der Waals surface area contributed by atoms with Crippen molar-refractivity contribution in [2.45, 2.75) is 62.8 Å². The zero-order chi connectivity index (χ0) is 53.5. The minimum absolute atomic E-state index is 0.250. The Morgan fingerprint density at radius 3 is 1.25 bits per heavy atom. The molecular formula is C56H60F6N4O7. The number of amides is 2. The van der Waals surface area contributed by atoms with E-state index in [1.54, 1.807) is 58.3 Å². The van der Waals surface area contributed by atoms with Crippen LogP contribution in [0, 0.1) is 34.9 Å². The second-order valence-corrected chi connectivity index (χ2v) is 17.7. The predicted molar refractivity (Wildman–Crippen MR) is 266 cm³/mol. The number of nitrogens with zero attached hydrogens (tertiary/aromatic N) is 3. The van der Waals surface area contributed by atoms with E-state index in [1.807, 2.05) is 57.1 Å². The molecule has 8 rings (SSSR count). The van der Waals surface area contributed by atoms with Crippen LogP contribution in [0.25, 0.3) is 22.3 Å². The lowest BCUT2D eigenvalue weighted by Crippen LogP contribution is -2.49. The number of cyclic esters (lactones) is 2. The number of nitrogens with two attached hydrogens (primary N) is 1. The number of hydrogen-bond acceptors (Lipinski definition) is 8. The summed E-state index contributed by atoms with van der Waals surface area (Å²) in [5, 5.41) is 13.9. The normalized spacial score (nSPS) is 18.1. The lowest BCUT2D eigenvalue weighted by Gasteiger charge is -2.44. The van der Waals surface area contributed by atoms with Crippen molar-refractivity contribution in [1.29, 1.82) is 0 Å². The summed E-state index contributed by atoms with van der Waals surface area (Å²) in [6, 6.07) is 32.8. The fourth-order valence-corrected chi connectivity index (χ4v) is 8.92. The van der Waals surface area contributed by atoms with Gasteiger partial charge in [0, 0.05) is 75.7 Å². The molecule has 11 nitrogen and oxygen atoms in total. The number of carbonyl (C=O) groups excluding carboxylic acids is 2. The highest BCUT2D eigenvalue weighted by molar-refractivity contribution is 5.72. The maximum Gasteiger partial charge on any atom is 0.411 e. The van der Waals surface area contributed by atoms with Gasteiger partial charge in [0.2, 0.25) is 0 Å². The van der Waals surface area contributed by atoms with Gasteiger partial charge in [0.05, 0.1) is 12.1 Å². The van der Waals surface area contributed by atoms with Crippen molar-refractivity contribution in [3.05, 3.63) is 191 Å². The quantitative estimate of drug-likeness (QED) is 0.0760. The first-order valence-corrected chi connectivity index (χ1v) is 23.4. The number of carbonyl (C=O) groups is 3. The third kappa shape index (κ3) is 14.1. The van der Waals surface area contributed by atoms with Crippen molar-refractivity contribution in [2.75, 3.05) is 47.4 Å². The van der Waals surface area contributed by atoms with E-state index in [1.165, 1.54) is 48.5 Å². The molecule has 0 radical (unpaired) electrons. The molecule has 0 aliphatic carbocycles. The summed E-state index contributed by atoms with van der Waals surface area (Å²) in [6.45, 7) is 5.50. The molecule has 2 aliphatic rings. The minimum atomic E-state index is -0.889. The number of aliphatic hydroxyl groups is 1. The average Bonchev–Trinajstić information content (AvgIpc) is 3.37. The second kappa shape index (κ2) is 26.0. The molecular weight excluding hydrogens is 955 g/mol. The van der Waals surface area contributed by atoms with Gasteiger partial charge in [0.15, 0.2) is 0 Å². The van der Waals surface area contributed by atoms with Crippen molar-refractivity contribution in [3.8, 4) is 22.3 Å². The number of carboxylic acid groups (broad SMARTS) is 1. The monoisotopic (exact) mass is 1010 g/mol. The number of ether oxygens (including phenoxy) is 2. The van der Waals surface area contributed by atoms with Crippen LogP contribution in [-0.4, -0.2) is 91.0 Å². The Balaban J connectivity index is 0.000000249. The molecule has 0 saturated carbocycles. The fourth-order valence-electron chi connectivity index (χ4n) is 8.92. The van der Waals surface area contributed by atoms with Crippen LogP contribution in [0.4, 0.5) is 35.9 Å². The van der Waals surface area contributed by atoms with Gasteiger partial charge in [-0.15, -0.1) is 0 Å². The Hall–Kier alpha value is -7.21. The molecule has 2 amide bonds. The lowest BCUT2D eigenvalue weighted by atomic mass is 9.85. The Kier molecular flexibility index (Phi) is 20.2. The molecule has 388 valence electrons. The first kappa shape index (κ1) is 56.7. The summed E-state index contributed by atoms with van der Waals surface area (Å²) in [5.41, 5.74) is 9.17. The third-order valence-corrected chi connectivity index (χ3v) is 13.0. The molecule has 0 aromatic heterocycles. The molecule has 0 spiro atoms. The maximum atomic E-state index is 14.2. The third-order valence-electron chi connectivity index (χ3n) is 13.0. The van der Waals surface area contributed by atoms with Gasteiger partial charge in [-0.1, -0.05) is 72.8 Å². The molecule has 2 aliphatic heterocycles. The standard InChI is InChI=1S/C28H29F3N2O2.C26H25F3N2O2.CH2O2.CH4O/c1-19(20-4-6-21(7-5-20)25-13-12-24(30)18-26(25)31)33-17-15-28(35-27(33)34,14-16-32(2)3)22-8-10-23(29)11-9-22;1-17(18-2-4-19(5-3-18)23-11-10-22(28)16-24(23)29)31-15-13-26(12-14-30,33-25(31)32)20-6-8-21(27)9-7-20;2-1-3;1-2/h4-13,18-19H,14-17H2,1-3H3;2-11,16-17H,12-15,30H2,1H3;1H,(H,2,3);2H,1H3/t19-,28+;17-,26+;;/m00../s1. The average molecular weight is 1020 g/mol. The van der Waals surface area contributed by atoms with Crippen molar-refractivity contribution in [2.24, 2.45) is 5.73 Å². The van der Waals surface area contributed by atoms with E-state index in [2.05, 4.69) is 0 Å². The van der Waals surface area contributed by atoms with E-state index in [-0.39, 0.29) is 30.2 Å². The van der Waals surface area contributed by atoms with Crippen LogP contribution in [0.1, 0.15) is 73.9 Å². The van der Waals surface area contributed by atoms with Gasteiger partial charge in [-0.05, 0) is 116 Å². The molecule has 4 N–H and O–H groups in total. The van der Waals surface area contributed by atoms with Gasteiger partial charge in [0.1, 0.15) is 46.1 Å². The highest BCUT2D eigenvalue weighted by atomic mass is 19.2. The fraction of sp³-hybridized carbons (Fsp3) is 0.304. The van der Waals surface area contributed by atoms with E-state index in [9.17, 15) is 35.9 Å². The van der Waals surface area contributed by atoms with E-state index in [4.69, 9.17) is 30.2 Å². The maximum absolute atomic E-state index is 14.2. The van der Waals surface area contributed by atoms with Crippen LogP contribution >= 0.6 is 0 Å². The van der Waals surface area contributed by atoms with Gasteiger partial charge < -0.3 is 40.1 Å². The first-order valence-electron chi connectivity index (χ1n) is 23.4. The molecule has 17 heteroatoms. The first-order chi connectivity index (χ1) is 34.9. The highest BCUT2D eigenvalue weighted by Crippen LogP contribution is 2.42. The summed E-state index contributed by atoms with van der Waals surface area (Å²) in [6.07, 6.45) is 1.22. The summed E-state index contributed by atoms with van der Waals surface area (Å²) < 4.78 is 93.6. The van der Waals surface area contributed by atoms with Gasteiger partial charge in [-0.3, -0.25) is 4.79 Å². The van der Waals surface area contributed by atoms with E-state index in [0.29, 0.717) is 74.1 Å². The zero-order valence-corrected chi connectivity index (χ0v) is 41.2. The van der Waals surface area contributed by atoms with E-state index >= 15 is 0 Å². The predicted octanol–water partition coefficient (Wildman–Crippen LogP) is 11.7. The highest BCUT2D eigenvalue weighted by Gasteiger charge is 2.44. The van der Waals surface area contributed by atoms with Crippen LogP contribution in [0.5, 0.6) is 0 Å². The summed E-state index contributed by atoms with van der Waals surface area (Å²) >= 11 is 0. The molecule has 6 aromatic carbocycles. The molecule has 0 bridgehead atoms.